The fraction of sp³-hybridized carbons (Fsp3) is 0.211. The molecule has 1 fully saturated rings. The Morgan fingerprint density at radius 3 is 2.63 bits per heavy atom. The van der Waals surface area contributed by atoms with E-state index in [0.717, 1.165) is 30.9 Å². The number of thiazole rings is 1. The smallest absolute Gasteiger partial charge is 0.347 e. The van der Waals surface area contributed by atoms with Gasteiger partial charge in [-0.05, 0) is 24.3 Å². The van der Waals surface area contributed by atoms with E-state index < -0.39 is 17.5 Å². The summed E-state index contributed by atoms with van der Waals surface area (Å²) >= 11 is 1.19. The minimum atomic E-state index is -4.48. The molecule has 138 valence electrons. The Hall–Kier alpha value is -2.74. The van der Waals surface area contributed by atoms with E-state index in [2.05, 4.69) is 9.97 Å². The summed E-state index contributed by atoms with van der Waals surface area (Å²) in [5, 5.41) is 0.692. The third kappa shape index (κ3) is 3.57. The molecule has 4 rings (SSSR count). The van der Waals surface area contributed by atoms with Crippen LogP contribution in [0.25, 0.3) is 0 Å². The van der Waals surface area contributed by atoms with Crippen molar-refractivity contribution in [2.75, 3.05) is 18.0 Å². The monoisotopic (exact) mass is 389 g/mol. The largest absolute Gasteiger partial charge is 0.416 e. The van der Waals surface area contributed by atoms with Crippen LogP contribution in [0.15, 0.2) is 54.9 Å². The first-order valence-electron chi connectivity index (χ1n) is 8.25. The highest BCUT2D eigenvalue weighted by atomic mass is 32.1. The van der Waals surface area contributed by atoms with Crippen molar-refractivity contribution in [3.8, 4) is 0 Å². The Morgan fingerprint density at radius 1 is 1.11 bits per heavy atom. The lowest BCUT2D eigenvalue weighted by Gasteiger charge is -2.38. The second kappa shape index (κ2) is 6.77. The summed E-state index contributed by atoms with van der Waals surface area (Å²) in [6.07, 6.45) is -1.29. The van der Waals surface area contributed by atoms with Crippen molar-refractivity contribution in [2.24, 2.45) is 0 Å². The van der Waals surface area contributed by atoms with E-state index in [4.69, 9.17) is 0 Å². The lowest BCUT2D eigenvalue weighted by molar-refractivity contribution is -0.137. The highest BCUT2D eigenvalue weighted by Crippen LogP contribution is 2.34. The quantitative estimate of drug-likeness (QED) is 0.621. The van der Waals surface area contributed by atoms with Crippen molar-refractivity contribution in [3.05, 3.63) is 76.6 Å². The molecule has 8 heteroatoms. The zero-order valence-corrected chi connectivity index (χ0v) is 14.8. The first kappa shape index (κ1) is 17.7. The summed E-state index contributed by atoms with van der Waals surface area (Å²) in [6.45, 7) is 1.50. The molecule has 0 unspecified atom stereocenters. The number of benzene rings is 1. The average molecular weight is 389 g/mol. The van der Waals surface area contributed by atoms with Gasteiger partial charge in [-0.25, -0.2) is 4.98 Å². The third-order valence-electron chi connectivity index (χ3n) is 4.43. The van der Waals surface area contributed by atoms with Gasteiger partial charge in [0.25, 0.3) is 0 Å². The Bertz CT molecular complexity index is 966. The zero-order chi connectivity index (χ0) is 19.0. The fourth-order valence-corrected chi connectivity index (χ4v) is 3.83. The third-order valence-corrected chi connectivity index (χ3v) is 5.48. The predicted octanol–water partition coefficient (Wildman–Crippen LogP) is 4.39. The lowest BCUT2D eigenvalue weighted by Crippen LogP contribution is -2.45. The Morgan fingerprint density at radius 2 is 1.93 bits per heavy atom. The number of carbonyl (C=O) groups excluding carboxylic acids is 1. The van der Waals surface area contributed by atoms with E-state index >= 15 is 0 Å². The molecule has 3 heterocycles. The molecular formula is C19H14F3N3OS. The maximum absolute atomic E-state index is 12.8. The van der Waals surface area contributed by atoms with E-state index in [-0.39, 0.29) is 5.56 Å². The number of aromatic nitrogens is 2. The molecule has 0 N–H and O–H groups in total. The number of ketones is 1. The SMILES string of the molecule is O=C(c1cccc(C(F)(F)F)c1)c1cnc(N2CC(c3ccccn3)C2)s1. The number of anilines is 1. The van der Waals surface area contributed by atoms with Gasteiger partial charge in [0.2, 0.25) is 5.78 Å². The van der Waals surface area contributed by atoms with Gasteiger partial charge in [-0.2, -0.15) is 13.2 Å². The van der Waals surface area contributed by atoms with Crippen LogP contribution in [-0.2, 0) is 6.18 Å². The summed E-state index contributed by atoms with van der Waals surface area (Å²) in [4.78, 5) is 23.5. The number of halogens is 3. The van der Waals surface area contributed by atoms with Gasteiger partial charge >= 0.3 is 6.18 Å². The number of hydrogen-bond acceptors (Lipinski definition) is 5. The first-order valence-corrected chi connectivity index (χ1v) is 9.07. The molecule has 1 aliphatic heterocycles. The van der Waals surface area contributed by atoms with Crippen molar-refractivity contribution in [1.29, 1.82) is 0 Å². The van der Waals surface area contributed by atoms with E-state index in [1.54, 1.807) is 6.20 Å². The van der Waals surface area contributed by atoms with E-state index in [0.29, 0.717) is 15.9 Å². The predicted molar refractivity (Wildman–Crippen MR) is 96.2 cm³/mol. The fourth-order valence-electron chi connectivity index (χ4n) is 2.93. The number of alkyl halides is 3. The molecule has 0 amide bonds. The molecule has 0 bridgehead atoms. The molecule has 0 radical (unpaired) electrons. The molecule has 3 aromatic rings. The van der Waals surface area contributed by atoms with Crippen LogP contribution in [0.2, 0.25) is 0 Å². The number of rotatable bonds is 4. The average Bonchev–Trinajstić information content (AvgIpc) is 3.10. The topological polar surface area (TPSA) is 46.1 Å². The minimum absolute atomic E-state index is 0.00926. The van der Waals surface area contributed by atoms with Gasteiger partial charge in [-0.1, -0.05) is 29.5 Å². The number of hydrogen-bond donors (Lipinski definition) is 0. The normalized spacial score (nSPS) is 14.9. The number of pyridine rings is 1. The first-order chi connectivity index (χ1) is 12.9. The van der Waals surface area contributed by atoms with Crippen LogP contribution < -0.4 is 4.90 Å². The summed E-state index contributed by atoms with van der Waals surface area (Å²) < 4.78 is 38.5. The van der Waals surface area contributed by atoms with Gasteiger partial charge < -0.3 is 4.90 Å². The van der Waals surface area contributed by atoms with E-state index in [9.17, 15) is 18.0 Å². The molecule has 0 saturated carbocycles. The molecule has 27 heavy (non-hydrogen) atoms. The van der Waals surface area contributed by atoms with Gasteiger partial charge in [-0.15, -0.1) is 0 Å². The van der Waals surface area contributed by atoms with Crippen molar-refractivity contribution in [3.63, 3.8) is 0 Å². The standard InChI is InChI=1S/C19H14F3N3OS/c20-19(21,22)14-5-3-4-12(8-14)17(26)16-9-24-18(27-16)25-10-13(11-25)15-6-1-2-7-23-15/h1-9,13H,10-11H2. The summed E-state index contributed by atoms with van der Waals surface area (Å²) in [7, 11) is 0. The molecule has 0 aliphatic carbocycles. The molecule has 2 aromatic heterocycles. The lowest BCUT2D eigenvalue weighted by atomic mass is 9.96. The van der Waals surface area contributed by atoms with Crippen molar-refractivity contribution >= 4 is 22.3 Å². The molecule has 0 atom stereocenters. The zero-order valence-electron chi connectivity index (χ0n) is 14.0. The summed E-state index contributed by atoms with van der Waals surface area (Å²) in [6, 6.07) is 10.2. The van der Waals surface area contributed by atoms with E-state index in [1.807, 2.05) is 23.1 Å². The Balaban J connectivity index is 1.47. The molecule has 1 saturated heterocycles. The maximum Gasteiger partial charge on any atom is 0.416 e. The molecule has 1 aromatic carbocycles. The Labute approximate surface area is 157 Å². The maximum atomic E-state index is 12.8. The Kier molecular flexibility index (Phi) is 4.43. The molecule has 0 spiro atoms. The highest BCUT2D eigenvalue weighted by molar-refractivity contribution is 7.17. The van der Waals surface area contributed by atoms with Crippen LogP contribution in [-0.4, -0.2) is 28.8 Å². The number of nitrogens with zero attached hydrogens (tertiary/aromatic N) is 3. The summed E-state index contributed by atoms with van der Waals surface area (Å²) in [5.74, 6) is -0.135. The van der Waals surface area contributed by atoms with Gasteiger partial charge in [0.05, 0.1) is 16.6 Å². The van der Waals surface area contributed by atoms with Gasteiger partial charge in [-0.3, -0.25) is 9.78 Å². The van der Waals surface area contributed by atoms with E-state index in [1.165, 1.54) is 29.7 Å². The van der Waals surface area contributed by atoms with Gasteiger partial charge in [0.15, 0.2) is 5.13 Å². The van der Waals surface area contributed by atoms with Crippen molar-refractivity contribution < 1.29 is 18.0 Å². The van der Waals surface area contributed by atoms with Crippen LogP contribution in [0, 0.1) is 0 Å². The van der Waals surface area contributed by atoms with Crippen LogP contribution in [0.5, 0.6) is 0 Å². The highest BCUT2D eigenvalue weighted by Gasteiger charge is 2.32. The van der Waals surface area contributed by atoms with Crippen LogP contribution in [0.3, 0.4) is 0 Å². The van der Waals surface area contributed by atoms with Crippen molar-refractivity contribution in [2.45, 2.75) is 12.1 Å². The molecular weight excluding hydrogens is 375 g/mol. The second-order valence-corrected chi connectivity index (χ2v) is 7.28. The van der Waals surface area contributed by atoms with Crippen LogP contribution in [0.4, 0.5) is 18.3 Å². The van der Waals surface area contributed by atoms with Crippen molar-refractivity contribution in [1.82, 2.24) is 9.97 Å². The van der Waals surface area contributed by atoms with Gasteiger partial charge in [0.1, 0.15) is 0 Å². The van der Waals surface area contributed by atoms with Gasteiger partial charge in [0, 0.05) is 36.5 Å². The summed E-state index contributed by atoms with van der Waals surface area (Å²) in [5.41, 5.74) is 0.194. The number of carbonyl (C=O) groups is 1. The minimum Gasteiger partial charge on any atom is -0.347 e. The van der Waals surface area contributed by atoms with Crippen LogP contribution >= 0.6 is 11.3 Å². The van der Waals surface area contributed by atoms with Crippen LogP contribution in [0.1, 0.15) is 32.4 Å². The molecule has 4 nitrogen and oxygen atoms in total. The molecule has 1 aliphatic rings. The second-order valence-electron chi connectivity index (χ2n) is 6.27.